The zero-order chi connectivity index (χ0) is 14.8. The van der Waals surface area contributed by atoms with Crippen LogP contribution in [0, 0.1) is 0 Å². The minimum absolute atomic E-state index is 0.125. The van der Waals surface area contributed by atoms with E-state index in [2.05, 4.69) is 5.32 Å². The van der Waals surface area contributed by atoms with Gasteiger partial charge < -0.3 is 15.2 Å². The molecule has 0 aromatic heterocycles. The molecule has 1 aromatic rings. The molecule has 0 heterocycles. The molecule has 108 valence electrons. The number of rotatable bonds is 8. The van der Waals surface area contributed by atoms with Gasteiger partial charge in [0.25, 0.3) is 0 Å². The lowest BCUT2D eigenvalue weighted by Gasteiger charge is -2.06. The fourth-order valence-electron chi connectivity index (χ4n) is 1.52. The molecule has 2 N–H and O–H groups in total. The van der Waals surface area contributed by atoms with E-state index in [4.69, 9.17) is 9.84 Å². The van der Waals surface area contributed by atoms with Crippen molar-refractivity contribution < 1.29 is 19.4 Å². The Morgan fingerprint density at radius 2 is 2.15 bits per heavy atom. The van der Waals surface area contributed by atoms with Crippen LogP contribution in [0.5, 0.6) is 0 Å². The van der Waals surface area contributed by atoms with E-state index in [1.807, 2.05) is 6.92 Å². The lowest BCUT2D eigenvalue weighted by molar-refractivity contribution is -0.131. The number of hydrogen-bond donors (Lipinski definition) is 2. The van der Waals surface area contributed by atoms with Crippen molar-refractivity contribution in [1.82, 2.24) is 0 Å². The van der Waals surface area contributed by atoms with E-state index in [-0.39, 0.29) is 5.91 Å². The van der Waals surface area contributed by atoms with Gasteiger partial charge in [0, 0.05) is 18.4 Å². The number of carboxylic acid groups (broad SMARTS) is 1. The Labute approximate surface area is 118 Å². The molecule has 0 aliphatic carbocycles. The summed E-state index contributed by atoms with van der Waals surface area (Å²) in [5.41, 5.74) is 1.35. The van der Waals surface area contributed by atoms with Crippen molar-refractivity contribution in [2.75, 3.05) is 18.5 Å². The van der Waals surface area contributed by atoms with Crippen LogP contribution in [0.4, 0.5) is 5.69 Å². The number of anilines is 1. The lowest BCUT2D eigenvalue weighted by Crippen LogP contribution is -2.14. The first-order chi connectivity index (χ1) is 9.61. The van der Waals surface area contributed by atoms with Gasteiger partial charge in [0.15, 0.2) is 0 Å². The molecule has 20 heavy (non-hydrogen) atoms. The highest BCUT2D eigenvalue weighted by atomic mass is 16.5. The van der Waals surface area contributed by atoms with Crippen LogP contribution in [0.2, 0.25) is 0 Å². The molecule has 1 aromatic carbocycles. The SMILES string of the molecule is CCCOCCC(=O)Nc1cccc(C=CC(=O)O)c1. The largest absolute Gasteiger partial charge is 0.478 e. The normalized spacial score (nSPS) is 10.7. The highest BCUT2D eigenvalue weighted by Crippen LogP contribution is 2.12. The summed E-state index contributed by atoms with van der Waals surface area (Å²) in [6.45, 7) is 3.07. The number of amides is 1. The van der Waals surface area contributed by atoms with Gasteiger partial charge in [0.1, 0.15) is 0 Å². The molecule has 0 radical (unpaired) electrons. The molecule has 0 bridgehead atoms. The number of benzene rings is 1. The van der Waals surface area contributed by atoms with E-state index in [1.165, 1.54) is 6.08 Å². The molecule has 1 amide bonds. The topological polar surface area (TPSA) is 75.6 Å². The van der Waals surface area contributed by atoms with Crippen LogP contribution >= 0.6 is 0 Å². The first-order valence-corrected chi connectivity index (χ1v) is 6.50. The molecule has 0 spiro atoms. The number of carboxylic acids is 1. The molecule has 0 unspecified atom stereocenters. The number of ether oxygens (including phenoxy) is 1. The van der Waals surface area contributed by atoms with Crippen molar-refractivity contribution in [1.29, 1.82) is 0 Å². The van der Waals surface area contributed by atoms with Crippen molar-refractivity contribution in [2.24, 2.45) is 0 Å². The first-order valence-electron chi connectivity index (χ1n) is 6.50. The summed E-state index contributed by atoms with van der Waals surface area (Å²) in [6.07, 6.45) is 3.76. The Morgan fingerprint density at radius 1 is 1.35 bits per heavy atom. The Balaban J connectivity index is 2.49. The molecule has 5 nitrogen and oxygen atoms in total. The van der Waals surface area contributed by atoms with E-state index >= 15 is 0 Å². The molecule has 0 saturated heterocycles. The fourth-order valence-corrected chi connectivity index (χ4v) is 1.52. The maximum atomic E-state index is 11.6. The molecular formula is C15H19NO4. The summed E-state index contributed by atoms with van der Waals surface area (Å²) in [5.74, 6) is -1.13. The van der Waals surface area contributed by atoms with Crippen molar-refractivity contribution in [2.45, 2.75) is 19.8 Å². The summed E-state index contributed by atoms with van der Waals surface area (Å²) in [4.78, 5) is 22.1. The number of aliphatic carboxylic acids is 1. The molecule has 0 saturated carbocycles. The minimum atomic E-state index is -1.01. The van der Waals surface area contributed by atoms with Gasteiger partial charge in [-0.15, -0.1) is 0 Å². The van der Waals surface area contributed by atoms with Crippen molar-refractivity contribution in [3.05, 3.63) is 35.9 Å². The van der Waals surface area contributed by atoms with Crippen LogP contribution < -0.4 is 5.32 Å². The van der Waals surface area contributed by atoms with Gasteiger partial charge in [-0.05, 0) is 30.2 Å². The second kappa shape index (κ2) is 8.87. The molecule has 1 rings (SSSR count). The summed E-state index contributed by atoms with van der Waals surface area (Å²) in [6, 6.07) is 6.98. The van der Waals surface area contributed by atoms with E-state index in [9.17, 15) is 9.59 Å². The fraction of sp³-hybridized carbons (Fsp3) is 0.333. The molecule has 0 aliphatic rings. The Kier molecular flexibility index (Phi) is 7.06. The number of carbonyl (C=O) groups excluding carboxylic acids is 1. The molecular weight excluding hydrogens is 258 g/mol. The van der Waals surface area contributed by atoms with Crippen LogP contribution in [0.3, 0.4) is 0 Å². The zero-order valence-electron chi connectivity index (χ0n) is 11.5. The smallest absolute Gasteiger partial charge is 0.328 e. The second-order valence-electron chi connectivity index (χ2n) is 4.21. The third-order valence-corrected chi connectivity index (χ3v) is 2.41. The van der Waals surface area contributed by atoms with Gasteiger partial charge >= 0.3 is 5.97 Å². The maximum Gasteiger partial charge on any atom is 0.328 e. The standard InChI is InChI=1S/C15H19NO4/c1-2-9-20-10-8-14(17)16-13-5-3-4-12(11-13)6-7-15(18)19/h3-7,11H,2,8-10H2,1H3,(H,16,17)(H,18,19). The number of hydrogen-bond acceptors (Lipinski definition) is 3. The van der Waals surface area contributed by atoms with Crippen LogP contribution in [0.1, 0.15) is 25.3 Å². The third-order valence-electron chi connectivity index (χ3n) is 2.41. The van der Waals surface area contributed by atoms with Gasteiger partial charge in [0.2, 0.25) is 5.91 Å². The van der Waals surface area contributed by atoms with Gasteiger partial charge in [-0.2, -0.15) is 0 Å². The van der Waals surface area contributed by atoms with Gasteiger partial charge in [-0.3, -0.25) is 4.79 Å². The van der Waals surface area contributed by atoms with Crippen LogP contribution in [0.25, 0.3) is 6.08 Å². The summed E-state index contributed by atoms with van der Waals surface area (Å²) in [7, 11) is 0. The molecule has 0 fully saturated rings. The van der Waals surface area contributed by atoms with E-state index in [0.29, 0.717) is 30.9 Å². The minimum Gasteiger partial charge on any atom is -0.478 e. The summed E-state index contributed by atoms with van der Waals surface area (Å²) >= 11 is 0. The van der Waals surface area contributed by atoms with E-state index in [0.717, 1.165) is 12.5 Å². The zero-order valence-corrected chi connectivity index (χ0v) is 11.5. The van der Waals surface area contributed by atoms with Crippen molar-refractivity contribution in [3.63, 3.8) is 0 Å². The van der Waals surface area contributed by atoms with Gasteiger partial charge in [0.05, 0.1) is 13.0 Å². The van der Waals surface area contributed by atoms with Crippen LogP contribution in [-0.4, -0.2) is 30.2 Å². The average molecular weight is 277 g/mol. The second-order valence-corrected chi connectivity index (χ2v) is 4.21. The Bertz CT molecular complexity index is 483. The monoisotopic (exact) mass is 277 g/mol. The molecule has 0 aliphatic heterocycles. The maximum absolute atomic E-state index is 11.6. The third kappa shape index (κ3) is 6.70. The predicted molar refractivity (Wildman–Crippen MR) is 77.5 cm³/mol. The van der Waals surface area contributed by atoms with Crippen molar-refractivity contribution in [3.8, 4) is 0 Å². The highest BCUT2D eigenvalue weighted by Gasteiger charge is 2.02. The van der Waals surface area contributed by atoms with Gasteiger partial charge in [-0.25, -0.2) is 4.79 Å². The number of nitrogens with one attached hydrogen (secondary N) is 1. The van der Waals surface area contributed by atoms with E-state index < -0.39 is 5.97 Å². The first kappa shape index (κ1) is 15.9. The lowest BCUT2D eigenvalue weighted by atomic mass is 10.2. The Hall–Kier alpha value is -2.14. The molecule has 5 heteroatoms. The quantitative estimate of drug-likeness (QED) is 0.565. The summed E-state index contributed by atoms with van der Waals surface area (Å²) < 4.78 is 5.24. The highest BCUT2D eigenvalue weighted by molar-refractivity contribution is 5.91. The predicted octanol–water partition coefficient (Wildman–Crippen LogP) is 2.54. The average Bonchev–Trinajstić information content (AvgIpc) is 2.42. The van der Waals surface area contributed by atoms with Crippen LogP contribution in [-0.2, 0) is 14.3 Å². The van der Waals surface area contributed by atoms with Gasteiger partial charge in [-0.1, -0.05) is 19.1 Å². The molecule has 0 atom stereocenters. The van der Waals surface area contributed by atoms with Crippen LogP contribution in [0.15, 0.2) is 30.3 Å². The Morgan fingerprint density at radius 3 is 2.85 bits per heavy atom. The van der Waals surface area contributed by atoms with E-state index in [1.54, 1.807) is 24.3 Å². The number of carbonyl (C=O) groups is 2. The summed E-state index contributed by atoms with van der Waals surface area (Å²) in [5, 5.41) is 11.3. The van der Waals surface area contributed by atoms with Crippen molar-refractivity contribution >= 4 is 23.6 Å².